The Morgan fingerprint density at radius 2 is 1.79 bits per heavy atom. The van der Waals surface area contributed by atoms with Gasteiger partial charge in [0.25, 0.3) is 5.56 Å². The van der Waals surface area contributed by atoms with Crippen LogP contribution < -0.4 is 10.5 Å². The third kappa shape index (κ3) is 3.81. The molecule has 0 unspecified atom stereocenters. The molecule has 0 N–H and O–H groups in total. The van der Waals surface area contributed by atoms with E-state index in [0.717, 1.165) is 66.9 Å². The molecule has 4 heterocycles. The third-order valence-electron chi connectivity index (χ3n) is 7.42. The van der Waals surface area contributed by atoms with Crippen molar-refractivity contribution in [1.82, 2.24) is 14.5 Å². The monoisotopic (exact) mass is 462 g/mol. The fourth-order valence-corrected chi connectivity index (χ4v) is 6.99. The molecule has 1 aliphatic carbocycles. The van der Waals surface area contributed by atoms with Crippen LogP contribution in [0.3, 0.4) is 0 Å². The van der Waals surface area contributed by atoms with Gasteiger partial charge in [-0.05, 0) is 81.6 Å². The largest absolute Gasteiger partial charge is 0.311 e. The molecule has 1 saturated heterocycles. The first kappa shape index (κ1) is 21.1. The van der Waals surface area contributed by atoms with Gasteiger partial charge in [0.05, 0.1) is 11.9 Å². The molecule has 0 saturated carbocycles. The first-order valence-corrected chi connectivity index (χ1v) is 13.2. The van der Waals surface area contributed by atoms with Gasteiger partial charge in [-0.1, -0.05) is 18.2 Å². The molecule has 2 aliphatic heterocycles. The Morgan fingerprint density at radius 3 is 2.67 bits per heavy atom. The molecule has 1 amide bonds. The van der Waals surface area contributed by atoms with Gasteiger partial charge in [0.15, 0.2) is 0 Å². The maximum Gasteiger partial charge on any atom is 0.263 e. The first-order valence-electron chi connectivity index (χ1n) is 12.3. The summed E-state index contributed by atoms with van der Waals surface area (Å²) in [6.45, 7) is 3.46. The summed E-state index contributed by atoms with van der Waals surface area (Å²) in [5.74, 6) is 0.726. The highest BCUT2D eigenvalue weighted by molar-refractivity contribution is 7.18. The number of para-hydroxylation sites is 1. The maximum atomic E-state index is 13.9. The van der Waals surface area contributed by atoms with Crippen molar-refractivity contribution >= 4 is 33.1 Å². The van der Waals surface area contributed by atoms with Crippen molar-refractivity contribution in [2.75, 3.05) is 24.5 Å². The molecule has 3 aliphatic rings. The van der Waals surface area contributed by atoms with E-state index in [1.165, 1.54) is 35.3 Å². The highest BCUT2D eigenvalue weighted by atomic mass is 32.1. The molecule has 0 atom stereocenters. The van der Waals surface area contributed by atoms with Crippen molar-refractivity contribution in [2.45, 2.75) is 64.5 Å². The quantitative estimate of drug-likeness (QED) is 0.590. The summed E-state index contributed by atoms with van der Waals surface area (Å²) in [4.78, 5) is 38.9. The summed E-state index contributed by atoms with van der Waals surface area (Å²) in [7, 11) is 0. The number of carbonyl (C=O) groups excluding carboxylic acids is 1. The van der Waals surface area contributed by atoms with Crippen LogP contribution in [-0.4, -0.2) is 40.0 Å². The van der Waals surface area contributed by atoms with Crippen LogP contribution in [0.1, 0.15) is 53.9 Å². The zero-order chi connectivity index (χ0) is 22.4. The number of aryl methyl sites for hydroxylation is 3. The maximum absolute atomic E-state index is 13.9. The van der Waals surface area contributed by atoms with E-state index < -0.39 is 0 Å². The van der Waals surface area contributed by atoms with Gasteiger partial charge in [-0.2, -0.15) is 0 Å². The molecule has 7 heteroatoms. The molecule has 1 fully saturated rings. The number of anilines is 1. The fraction of sp³-hybridized carbons (Fsp3) is 0.500. The van der Waals surface area contributed by atoms with Gasteiger partial charge < -0.3 is 4.90 Å². The van der Waals surface area contributed by atoms with Crippen molar-refractivity contribution in [3.8, 4) is 0 Å². The average Bonchev–Trinajstić information content (AvgIpc) is 3.48. The second-order valence-corrected chi connectivity index (χ2v) is 10.7. The van der Waals surface area contributed by atoms with Crippen LogP contribution in [-0.2, 0) is 37.1 Å². The van der Waals surface area contributed by atoms with Crippen molar-refractivity contribution in [2.24, 2.45) is 0 Å². The number of hydrogen-bond donors (Lipinski definition) is 0. The van der Waals surface area contributed by atoms with Crippen LogP contribution in [0, 0.1) is 0 Å². The number of rotatable bonds is 4. The molecule has 0 bridgehead atoms. The standard InChI is InChI=1S/C26H30N4O2S/c31-23(29-15-7-9-18-8-1-3-11-20(18)29)17-30-22(16-28-13-5-6-14-28)27-25-24(26(30)32)19-10-2-4-12-21(19)33-25/h1,3,8,11H,2,4-7,9-10,12-17H2. The number of hydrogen-bond acceptors (Lipinski definition) is 5. The van der Waals surface area contributed by atoms with E-state index in [1.807, 2.05) is 23.1 Å². The lowest BCUT2D eigenvalue weighted by molar-refractivity contribution is -0.119. The summed E-state index contributed by atoms with van der Waals surface area (Å²) in [5.41, 5.74) is 3.37. The molecule has 33 heavy (non-hydrogen) atoms. The number of benzene rings is 1. The molecule has 172 valence electrons. The van der Waals surface area contributed by atoms with E-state index in [-0.39, 0.29) is 18.0 Å². The van der Waals surface area contributed by atoms with Crippen LogP contribution in [0.4, 0.5) is 5.69 Å². The lowest BCUT2D eigenvalue weighted by Crippen LogP contribution is -2.41. The number of likely N-dealkylation sites (tertiary alicyclic amines) is 1. The number of amides is 1. The van der Waals surface area contributed by atoms with Gasteiger partial charge in [0.2, 0.25) is 5.91 Å². The van der Waals surface area contributed by atoms with Crippen LogP contribution >= 0.6 is 11.3 Å². The molecule has 3 aromatic rings. The molecule has 6 nitrogen and oxygen atoms in total. The predicted molar refractivity (Wildman–Crippen MR) is 132 cm³/mol. The Morgan fingerprint density at radius 1 is 0.970 bits per heavy atom. The fourth-order valence-electron chi connectivity index (χ4n) is 5.72. The lowest BCUT2D eigenvalue weighted by Gasteiger charge is -2.30. The van der Waals surface area contributed by atoms with Crippen molar-refractivity contribution in [3.63, 3.8) is 0 Å². The highest BCUT2D eigenvalue weighted by Gasteiger charge is 2.27. The van der Waals surface area contributed by atoms with Gasteiger partial charge in [-0.15, -0.1) is 11.3 Å². The lowest BCUT2D eigenvalue weighted by atomic mass is 9.97. The molecular formula is C26H30N4O2S. The molecule has 1 aromatic carbocycles. The Bertz CT molecular complexity index is 1270. The van der Waals surface area contributed by atoms with E-state index >= 15 is 0 Å². The predicted octanol–water partition coefficient (Wildman–Crippen LogP) is 3.91. The van der Waals surface area contributed by atoms with Gasteiger partial charge >= 0.3 is 0 Å². The number of nitrogens with zero attached hydrogens (tertiary/aromatic N) is 4. The van der Waals surface area contributed by atoms with Crippen molar-refractivity contribution in [1.29, 1.82) is 0 Å². The van der Waals surface area contributed by atoms with Crippen LogP contribution in [0.5, 0.6) is 0 Å². The van der Waals surface area contributed by atoms with Gasteiger partial charge in [0, 0.05) is 17.1 Å². The zero-order valence-electron chi connectivity index (χ0n) is 19.0. The minimum absolute atomic E-state index is 0.0165. The normalized spacial score (nSPS) is 18.5. The molecular weight excluding hydrogens is 432 g/mol. The molecule has 6 rings (SSSR count). The minimum atomic E-state index is -0.0211. The number of fused-ring (bicyclic) bond motifs is 4. The van der Waals surface area contributed by atoms with Crippen LogP contribution in [0.2, 0.25) is 0 Å². The summed E-state index contributed by atoms with van der Waals surface area (Å²) in [6.07, 6.45) is 8.61. The summed E-state index contributed by atoms with van der Waals surface area (Å²) in [6, 6.07) is 8.14. The summed E-state index contributed by atoms with van der Waals surface area (Å²) in [5, 5.41) is 0.770. The number of aromatic nitrogens is 2. The average molecular weight is 463 g/mol. The number of thiophene rings is 1. The summed E-state index contributed by atoms with van der Waals surface area (Å²) < 4.78 is 1.70. The second-order valence-electron chi connectivity index (χ2n) is 9.57. The Hall–Kier alpha value is -2.51. The van der Waals surface area contributed by atoms with Gasteiger partial charge in [-0.3, -0.25) is 19.1 Å². The van der Waals surface area contributed by atoms with E-state index in [2.05, 4.69) is 11.0 Å². The van der Waals surface area contributed by atoms with E-state index in [9.17, 15) is 9.59 Å². The Kier molecular flexibility index (Phi) is 5.54. The van der Waals surface area contributed by atoms with Crippen molar-refractivity contribution < 1.29 is 4.79 Å². The molecule has 2 aromatic heterocycles. The molecule has 0 radical (unpaired) electrons. The van der Waals surface area contributed by atoms with Gasteiger partial charge in [0.1, 0.15) is 17.2 Å². The third-order valence-corrected chi connectivity index (χ3v) is 8.61. The minimum Gasteiger partial charge on any atom is -0.311 e. The number of carbonyl (C=O) groups is 1. The van der Waals surface area contributed by atoms with E-state index in [4.69, 9.17) is 4.98 Å². The Balaban J connectivity index is 1.41. The zero-order valence-corrected chi connectivity index (χ0v) is 19.8. The highest BCUT2D eigenvalue weighted by Crippen LogP contribution is 2.34. The Labute approximate surface area is 197 Å². The topological polar surface area (TPSA) is 58.4 Å². The summed E-state index contributed by atoms with van der Waals surface area (Å²) >= 11 is 1.69. The van der Waals surface area contributed by atoms with E-state index in [1.54, 1.807) is 15.9 Å². The SMILES string of the molecule is O=C(Cn1c(CN2CCCC2)nc2sc3c(c2c1=O)CCCC3)N1CCCc2ccccc21. The van der Waals surface area contributed by atoms with Gasteiger partial charge in [-0.25, -0.2) is 4.98 Å². The second kappa shape index (κ2) is 8.69. The smallest absolute Gasteiger partial charge is 0.263 e. The van der Waals surface area contributed by atoms with Crippen LogP contribution in [0.15, 0.2) is 29.1 Å². The molecule has 0 spiro atoms. The van der Waals surface area contributed by atoms with Crippen LogP contribution in [0.25, 0.3) is 10.2 Å². The van der Waals surface area contributed by atoms with Crippen molar-refractivity contribution in [3.05, 3.63) is 56.4 Å². The van der Waals surface area contributed by atoms with E-state index in [0.29, 0.717) is 13.1 Å². The first-order chi connectivity index (χ1) is 16.2.